The van der Waals surface area contributed by atoms with Crippen LogP contribution >= 0.6 is 0 Å². The molecule has 8 heteroatoms. The summed E-state index contributed by atoms with van der Waals surface area (Å²) in [6.07, 6.45) is 3.99. The molecule has 120 valence electrons. The van der Waals surface area contributed by atoms with Crippen molar-refractivity contribution in [3.63, 3.8) is 0 Å². The van der Waals surface area contributed by atoms with Crippen LogP contribution in [0.25, 0.3) is 0 Å². The van der Waals surface area contributed by atoms with Gasteiger partial charge in [-0.3, -0.25) is 5.10 Å². The second-order valence-corrected chi connectivity index (χ2v) is 7.06. The Labute approximate surface area is 129 Å². The second-order valence-electron chi connectivity index (χ2n) is 5.35. The Morgan fingerprint density at radius 1 is 1.55 bits per heavy atom. The fourth-order valence-corrected chi connectivity index (χ4v) is 4.14. The first-order chi connectivity index (χ1) is 10.6. The summed E-state index contributed by atoms with van der Waals surface area (Å²) in [7, 11) is -3.56. The van der Waals surface area contributed by atoms with Crippen LogP contribution in [0.1, 0.15) is 43.0 Å². The van der Waals surface area contributed by atoms with Crippen LogP contribution in [0.3, 0.4) is 0 Å². The number of hydrogen-bond acceptors (Lipinski definition) is 4. The largest absolute Gasteiger partial charge is 0.468 e. The molecule has 3 heterocycles. The van der Waals surface area contributed by atoms with Crippen molar-refractivity contribution in [2.45, 2.75) is 38.8 Å². The van der Waals surface area contributed by atoms with E-state index in [0.29, 0.717) is 12.3 Å². The van der Waals surface area contributed by atoms with Crippen molar-refractivity contribution in [1.29, 1.82) is 0 Å². The predicted molar refractivity (Wildman–Crippen MR) is 81.1 cm³/mol. The SMILES string of the molecule is CCc1cc(CNS(=O)(=O)N2CCC[C@@H]2c2ccco2)[nH]n1. The third-order valence-electron chi connectivity index (χ3n) is 3.88. The van der Waals surface area contributed by atoms with E-state index in [0.717, 1.165) is 30.7 Å². The average molecular weight is 324 g/mol. The molecule has 0 spiro atoms. The summed E-state index contributed by atoms with van der Waals surface area (Å²) in [5.74, 6) is 0.692. The molecule has 1 aliphatic rings. The van der Waals surface area contributed by atoms with Gasteiger partial charge in [0, 0.05) is 6.54 Å². The zero-order valence-corrected chi connectivity index (χ0v) is 13.3. The second kappa shape index (κ2) is 6.23. The topological polar surface area (TPSA) is 91.2 Å². The maximum atomic E-state index is 12.5. The number of nitrogens with zero attached hydrogens (tertiary/aromatic N) is 2. The number of aryl methyl sites for hydroxylation is 1. The summed E-state index contributed by atoms with van der Waals surface area (Å²) in [5.41, 5.74) is 1.68. The van der Waals surface area contributed by atoms with Crippen LogP contribution in [0, 0.1) is 0 Å². The number of rotatable bonds is 6. The van der Waals surface area contributed by atoms with Crippen LogP contribution in [0.15, 0.2) is 28.9 Å². The van der Waals surface area contributed by atoms with E-state index >= 15 is 0 Å². The lowest BCUT2D eigenvalue weighted by Crippen LogP contribution is -2.39. The highest BCUT2D eigenvalue weighted by Crippen LogP contribution is 2.33. The first-order valence-electron chi connectivity index (χ1n) is 7.43. The summed E-state index contributed by atoms with van der Waals surface area (Å²) < 4.78 is 34.5. The normalized spacial score (nSPS) is 19.8. The molecule has 2 N–H and O–H groups in total. The summed E-state index contributed by atoms with van der Waals surface area (Å²) >= 11 is 0. The molecule has 1 saturated heterocycles. The van der Waals surface area contributed by atoms with Crippen molar-refractivity contribution in [3.05, 3.63) is 41.6 Å². The minimum absolute atomic E-state index is 0.205. The number of hydrogen-bond donors (Lipinski definition) is 2. The van der Waals surface area contributed by atoms with E-state index in [-0.39, 0.29) is 12.6 Å². The quantitative estimate of drug-likeness (QED) is 0.846. The van der Waals surface area contributed by atoms with E-state index in [1.807, 2.05) is 19.1 Å². The van der Waals surface area contributed by atoms with Gasteiger partial charge in [0.25, 0.3) is 10.2 Å². The summed E-state index contributed by atoms with van der Waals surface area (Å²) in [5, 5.41) is 6.94. The molecule has 0 saturated carbocycles. The zero-order chi connectivity index (χ0) is 15.6. The van der Waals surface area contributed by atoms with E-state index in [1.54, 1.807) is 12.3 Å². The number of aromatic nitrogens is 2. The van der Waals surface area contributed by atoms with Gasteiger partial charge in [-0.15, -0.1) is 0 Å². The van der Waals surface area contributed by atoms with Crippen LogP contribution in [-0.4, -0.2) is 29.5 Å². The van der Waals surface area contributed by atoms with Crippen molar-refractivity contribution in [1.82, 2.24) is 19.2 Å². The predicted octanol–water partition coefficient (Wildman–Crippen LogP) is 1.74. The molecule has 1 fully saturated rings. The van der Waals surface area contributed by atoms with Crippen molar-refractivity contribution in [3.8, 4) is 0 Å². The Hall–Kier alpha value is -1.64. The summed E-state index contributed by atoms with van der Waals surface area (Å²) in [4.78, 5) is 0. The van der Waals surface area contributed by atoms with E-state index in [9.17, 15) is 8.42 Å². The molecule has 2 aromatic rings. The van der Waals surface area contributed by atoms with E-state index in [4.69, 9.17) is 4.42 Å². The van der Waals surface area contributed by atoms with Crippen LogP contribution in [0.2, 0.25) is 0 Å². The third kappa shape index (κ3) is 3.08. The molecule has 0 unspecified atom stereocenters. The highest BCUT2D eigenvalue weighted by Gasteiger charge is 2.36. The zero-order valence-electron chi connectivity index (χ0n) is 12.4. The minimum atomic E-state index is -3.56. The van der Waals surface area contributed by atoms with Crippen molar-refractivity contribution in [2.75, 3.05) is 6.54 Å². The summed E-state index contributed by atoms with van der Waals surface area (Å²) in [6, 6.07) is 5.25. The number of furan rings is 1. The van der Waals surface area contributed by atoms with Crippen LogP contribution in [0.4, 0.5) is 0 Å². The molecule has 1 aliphatic heterocycles. The lowest BCUT2D eigenvalue weighted by atomic mass is 10.2. The maximum absolute atomic E-state index is 12.5. The fraction of sp³-hybridized carbons (Fsp3) is 0.500. The van der Waals surface area contributed by atoms with Gasteiger partial charge in [0.05, 0.1) is 30.2 Å². The van der Waals surface area contributed by atoms with Gasteiger partial charge < -0.3 is 4.42 Å². The van der Waals surface area contributed by atoms with Crippen molar-refractivity contribution in [2.24, 2.45) is 0 Å². The molecule has 0 bridgehead atoms. The van der Waals surface area contributed by atoms with Crippen molar-refractivity contribution < 1.29 is 12.8 Å². The van der Waals surface area contributed by atoms with Gasteiger partial charge >= 0.3 is 0 Å². The van der Waals surface area contributed by atoms with Gasteiger partial charge in [-0.1, -0.05) is 6.92 Å². The molecule has 0 amide bonds. The number of H-pyrrole nitrogens is 1. The molecular formula is C14H20N4O3S. The Morgan fingerprint density at radius 3 is 3.09 bits per heavy atom. The fourth-order valence-electron chi connectivity index (χ4n) is 2.73. The molecule has 2 aromatic heterocycles. The lowest BCUT2D eigenvalue weighted by molar-refractivity contribution is 0.335. The molecule has 0 radical (unpaired) electrons. The third-order valence-corrected chi connectivity index (χ3v) is 5.44. The lowest BCUT2D eigenvalue weighted by Gasteiger charge is -2.22. The van der Waals surface area contributed by atoms with Crippen LogP contribution in [0.5, 0.6) is 0 Å². The van der Waals surface area contributed by atoms with Gasteiger partial charge in [-0.25, -0.2) is 0 Å². The molecule has 3 rings (SSSR count). The monoisotopic (exact) mass is 324 g/mol. The minimum Gasteiger partial charge on any atom is -0.468 e. The Balaban J connectivity index is 1.69. The smallest absolute Gasteiger partial charge is 0.280 e. The molecular weight excluding hydrogens is 304 g/mol. The number of nitrogens with one attached hydrogen (secondary N) is 2. The molecule has 0 aromatic carbocycles. The highest BCUT2D eigenvalue weighted by molar-refractivity contribution is 7.87. The Kier molecular flexibility index (Phi) is 4.32. The molecule has 0 aliphatic carbocycles. The van der Waals surface area contributed by atoms with Crippen molar-refractivity contribution >= 4 is 10.2 Å². The van der Waals surface area contributed by atoms with E-state index < -0.39 is 10.2 Å². The highest BCUT2D eigenvalue weighted by atomic mass is 32.2. The standard InChI is InChI=1S/C14H20N4O3S/c1-2-11-9-12(17-16-11)10-15-22(19,20)18-7-3-5-13(18)14-6-4-8-21-14/h4,6,8-9,13,15H,2-3,5,7,10H2,1H3,(H,16,17)/t13-/m1/s1. The van der Waals surface area contributed by atoms with Gasteiger partial charge in [0.1, 0.15) is 5.76 Å². The molecule has 1 atom stereocenters. The Bertz CT molecular complexity index is 708. The van der Waals surface area contributed by atoms with E-state index in [1.165, 1.54) is 4.31 Å². The first-order valence-corrected chi connectivity index (χ1v) is 8.87. The maximum Gasteiger partial charge on any atom is 0.280 e. The van der Waals surface area contributed by atoms with E-state index in [2.05, 4.69) is 14.9 Å². The Morgan fingerprint density at radius 2 is 2.41 bits per heavy atom. The van der Waals surface area contributed by atoms with Crippen LogP contribution < -0.4 is 4.72 Å². The molecule has 22 heavy (non-hydrogen) atoms. The van der Waals surface area contributed by atoms with Gasteiger partial charge in [-0.2, -0.15) is 22.5 Å². The van der Waals surface area contributed by atoms with Gasteiger partial charge in [-0.05, 0) is 37.5 Å². The van der Waals surface area contributed by atoms with Crippen LogP contribution in [-0.2, 0) is 23.2 Å². The molecule has 7 nitrogen and oxygen atoms in total. The van der Waals surface area contributed by atoms with Gasteiger partial charge in [0.15, 0.2) is 0 Å². The summed E-state index contributed by atoms with van der Waals surface area (Å²) in [6.45, 7) is 2.71. The van der Waals surface area contributed by atoms with Gasteiger partial charge in [0.2, 0.25) is 0 Å². The average Bonchev–Trinajstić information content (AvgIpc) is 3.23. The first kappa shape index (κ1) is 15.3. The number of aromatic amines is 1.